The van der Waals surface area contributed by atoms with Crippen LogP contribution in [0.15, 0.2) is 23.1 Å². The minimum Gasteiger partial charge on any atom is -0.744 e. The van der Waals surface area contributed by atoms with E-state index in [-0.39, 0.29) is 47.8 Å². The van der Waals surface area contributed by atoms with Crippen molar-refractivity contribution in [2.45, 2.75) is 4.90 Å². The Morgan fingerprint density at radius 3 is 2.69 bits per heavy atom. The number of fused-ring (bicyclic) bond motifs is 1. The van der Waals surface area contributed by atoms with Gasteiger partial charge in [-0.05, 0) is 18.2 Å². The van der Waals surface area contributed by atoms with E-state index in [0.29, 0.717) is 5.75 Å². The van der Waals surface area contributed by atoms with Crippen LogP contribution in [0.1, 0.15) is 0 Å². The van der Waals surface area contributed by atoms with Crippen LogP contribution >= 0.6 is 0 Å². The van der Waals surface area contributed by atoms with E-state index in [9.17, 15) is 17.8 Å². The molecular weight excluding hydrogens is 245 g/mol. The van der Waals surface area contributed by atoms with Crippen molar-refractivity contribution >= 4 is 21.7 Å². The van der Waals surface area contributed by atoms with Crippen molar-refractivity contribution in [2.24, 2.45) is 0 Å². The summed E-state index contributed by atoms with van der Waals surface area (Å²) in [7, 11) is -4.51. The van der Waals surface area contributed by atoms with Crippen LogP contribution in [-0.4, -0.2) is 25.5 Å². The monoisotopic (exact) mass is 251 g/mol. The van der Waals surface area contributed by atoms with Crippen molar-refractivity contribution in [3.63, 3.8) is 0 Å². The van der Waals surface area contributed by atoms with E-state index in [4.69, 9.17) is 4.74 Å². The van der Waals surface area contributed by atoms with Gasteiger partial charge in [-0.1, -0.05) is 0 Å². The van der Waals surface area contributed by atoms with E-state index in [1.165, 1.54) is 6.07 Å². The molecule has 2 rings (SSSR count). The third-order valence-corrected chi connectivity index (χ3v) is 2.70. The number of rotatable bonds is 1. The summed E-state index contributed by atoms with van der Waals surface area (Å²) < 4.78 is 37.1. The van der Waals surface area contributed by atoms with Crippen molar-refractivity contribution in [2.75, 3.05) is 11.9 Å². The minimum atomic E-state index is -4.51. The molecule has 16 heavy (non-hydrogen) atoms. The average Bonchev–Trinajstić information content (AvgIpc) is 2.15. The molecule has 0 radical (unpaired) electrons. The van der Waals surface area contributed by atoms with Crippen LogP contribution in [0.25, 0.3) is 0 Å². The Balaban J connectivity index is 0.00000128. The molecule has 0 saturated heterocycles. The first-order valence-electron chi connectivity index (χ1n) is 3.99. The smallest absolute Gasteiger partial charge is 0.744 e. The molecule has 8 heteroatoms. The Labute approximate surface area is 114 Å². The molecule has 0 aromatic heterocycles. The summed E-state index contributed by atoms with van der Waals surface area (Å²) in [5.41, 5.74) is 0.197. The summed E-state index contributed by atoms with van der Waals surface area (Å²) in [5.74, 6) is -0.0371. The molecular formula is C8H6NNaO5S. The summed E-state index contributed by atoms with van der Waals surface area (Å²) in [6.45, 7) is -0.115. The minimum absolute atomic E-state index is 0. The van der Waals surface area contributed by atoms with Crippen molar-refractivity contribution < 1.29 is 52.1 Å². The van der Waals surface area contributed by atoms with Crippen LogP contribution in [0.5, 0.6) is 5.75 Å². The fourth-order valence-electron chi connectivity index (χ4n) is 1.22. The number of hydrogen-bond donors (Lipinski definition) is 1. The summed E-state index contributed by atoms with van der Waals surface area (Å²) in [5, 5.41) is 2.41. The fourth-order valence-corrected chi connectivity index (χ4v) is 1.71. The van der Waals surface area contributed by atoms with E-state index in [2.05, 4.69) is 5.32 Å². The second-order valence-corrected chi connectivity index (χ2v) is 4.33. The molecule has 0 spiro atoms. The zero-order valence-corrected chi connectivity index (χ0v) is 11.2. The molecule has 1 heterocycles. The first kappa shape index (κ1) is 13.5. The van der Waals surface area contributed by atoms with Crippen LogP contribution in [0.2, 0.25) is 0 Å². The van der Waals surface area contributed by atoms with Crippen LogP contribution < -0.4 is 39.6 Å². The quantitative estimate of drug-likeness (QED) is 0.422. The van der Waals surface area contributed by atoms with E-state index in [1.807, 2.05) is 0 Å². The van der Waals surface area contributed by atoms with Gasteiger partial charge in [0, 0.05) is 0 Å². The van der Waals surface area contributed by atoms with E-state index in [1.54, 1.807) is 0 Å². The summed E-state index contributed by atoms with van der Waals surface area (Å²) >= 11 is 0. The van der Waals surface area contributed by atoms with Gasteiger partial charge in [-0.3, -0.25) is 4.79 Å². The van der Waals surface area contributed by atoms with Crippen LogP contribution in [-0.2, 0) is 14.9 Å². The maximum atomic E-state index is 10.9. The van der Waals surface area contributed by atoms with Gasteiger partial charge in [0.2, 0.25) is 0 Å². The molecule has 0 unspecified atom stereocenters. The largest absolute Gasteiger partial charge is 1.00 e. The number of benzene rings is 1. The number of anilines is 1. The predicted molar refractivity (Wildman–Crippen MR) is 48.5 cm³/mol. The van der Waals surface area contributed by atoms with Crippen LogP contribution in [0.4, 0.5) is 5.69 Å². The average molecular weight is 251 g/mol. The van der Waals surface area contributed by atoms with E-state index >= 15 is 0 Å². The Hall–Kier alpha value is -0.600. The van der Waals surface area contributed by atoms with Gasteiger partial charge < -0.3 is 14.6 Å². The summed E-state index contributed by atoms with van der Waals surface area (Å²) in [6.07, 6.45) is 0. The first-order valence-corrected chi connectivity index (χ1v) is 5.40. The Bertz CT molecular complexity index is 527. The number of hydrogen-bond acceptors (Lipinski definition) is 5. The Kier molecular flexibility index (Phi) is 3.97. The Morgan fingerprint density at radius 1 is 1.38 bits per heavy atom. The van der Waals surface area contributed by atoms with Gasteiger partial charge in [-0.2, -0.15) is 0 Å². The molecule has 0 saturated carbocycles. The van der Waals surface area contributed by atoms with Gasteiger partial charge >= 0.3 is 29.6 Å². The van der Waals surface area contributed by atoms with Crippen LogP contribution in [0.3, 0.4) is 0 Å². The molecule has 1 aliphatic rings. The molecule has 0 atom stereocenters. The van der Waals surface area contributed by atoms with Gasteiger partial charge in [0.15, 0.2) is 6.61 Å². The van der Waals surface area contributed by atoms with E-state index in [0.717, 1.165) is 12.1 Å². The third kappa shape index (κ3) is 2.74. The number of carbonyl (C=O) groups is 1. The predicted octanol–water partition coefficient (Wildman–Crippen LogP) is -3.07. The molecule has 1 aromatic carbocycles. The number of carbonyl (C=O) groups excluding carboxylic acids is 1. The zero-order chi connectivity index (χ0) is 11.1. The SMILES string of the molecule is O=C1COc2ccc(S(=O)(=O)[O-])cc2N1.[Na+]. The molecule has 80 valence electrons. The summed E-state index contributed by atoms with van der Waals surface area (Å²) in [6, 6.07) is 3.55. The molecule has 0 fully saturated rings. The Morgan fingerprint density at radius 2 is 2.06 bits per heavy atom. The molecule has 1 aliphatic heterocycles. The van der Waals surface area contributed by atoms with Crippen LogP contribution in [0, 0.1) is 0 Å². The number of ether oxygens (including phenoxy) is 1. The van der Waals surface area contributed by atoms with Gasteiger partial charge in [0.1, 0.15) is 15.9 Å². The van der Waals surface area contributed by atoms with Crippen molar-refractivity contribution in [3.8, 4) is 5.75 Å². The molecule has 0 bridgehead atoms. The standard InChI is InChI=1S/C8H7NO5S.Na/c10-8-4-14-7-2-1-5(15(11,12)13)3-6(7)9-8;/h1-3H,4H2,(H,9,10)(H,11,12,13);/q;+1/p-1. The topological polar surface area (TPSA) is 95.5 Å². The van der Waals surface area contributed by atoms with Gasteiger partial charge in [-0.25, -0.2) is 8.42 Å². The van der Waals surface area contributed by atoms with Crippen molar-refractivity contribution in [3.05, 3.63) is 18.2 Å². The molecule has 0 aliphatic carbocycles. The summed E-state index contributed by atoms with van der Waals surface area (Å²) in [4.78, 5) is 10.5. The maximum absolute atomic E-state index is 10.9. The fraction of sp³-hybridized carbons (Fsp3) is 0.125. The normalized spacial score (nSPS) is 14.2. The maximum Gasteiger partial charge on any atom is 1.00 e. The molecule has 6 nitrogen and oxygen atoms in total. The molecule has 1 aromatic rings. The second kappa shape index (κ2) is 4.72. The molecule has 1 amide bonds. The van der Waals surface area contributed by atoms with Gasteiger partial charge in [0.05, 0.1) is 10.6 Å². The third-order valence-electron chi connectivity index (χ3n) is 1.87. The van der Waals surface area contributed by atoms with Crippen molar-refractivity contribution in [1.29, 1.82) is 0 Å². The second-order valence-electron chi connectivity index (χ2n) is 2.95. The zero-order valence-electron chi connectivity index (χ0n) is 8.39. The number of nitrogens with one attached hydrogen (secondary N) is 1. The first-order chi connectivity index (χ1) is 6.97. The number of amides is 1. The van der Waals surface area contributed by atoms with Crippen molar-refractivity contribution in [1.82, 2.24) is 0 Å². The van der Waals surface area contributed by atoms with Gasteiger partial charge in [-0.15, -0.1) is 0 Å². The van der Waals surface area contributed by atoms with Gasteiger partial charge in [0.25, 0.3) is 5.91 Å². The molecule has 1 N–H and O–H groups in total. The van der Waals surface area contributed by atoms with E-state index < -0.39 is 15.0 Å².